The monoisotopic (exact) mass is 310 g/mol. The Kier molecular flexibility index (Phi) is 7.50. The average Bonchev–Trinajstić information content (AvgIpc) is 2.29. The predicted molar refractivity (Wildman–Crippen MR) is 66.8 cm³/mol. The number of rotatable bonds is 6. The van der Waals surface area contributed by atoms with Gasteiger partial charge in [-0.1, -0.05) is 11.2 Å². The quantitative estimate of drug-likeness (QED) is 0.128. The fraction of sp³-hybridized carbons (Fsp3) is 0.250. The van der Waals surface area contributed by atoms with Crippen LogP contribution >= 0.6 is 0 Å². The van der Waals surface area contributed by atoms with E-state index >= 15 is 0 Å². The fourth-order valence-electron chi connectivity index (χ4n) is 1.25. The number of nitrogens with zero attached hydrogens (tertiary/aromatic N) is 4. The summed E-state index contributed by atoms with van der Waals surface area (Å²) in [6.45, 7) is -0.194. The van der Waals surface area contributed by atoms with Crippen LogP contribution in [0.1, 0.15) is 0 Å². The van der Waals surface area contributed by atoms with Crippen molar-refractivity contribution in [3.63, 3.8) is 0 Å². The van der Waals surface area contributed by atoms with Crippen LogP contribution < -0.4 is 34.9 Å². The molecule has 0 aliphatic carbocycles. The minimum Gasteiger partial charge on any atom is -0.378 e. The standard InChI is InChI=1S/C8H9N5O5S.Na/c9-12-11-6-1-2-7(8(5-6)13(14)15)10-3-4-19(16,17)18;/h1-2,5,10H,3-4H2,(H,16,17,18);/q;+1. The van der Waals surface area contributed by atoms with Gasteiger partial charge in [0.25, 0.3) is 15.8 Å². The number of nitro benzene ring substituents is 1. The van der Waals surface area contributed by atoms with Gasteiger partial charge in [-0.2, -0.15) is 8.42 Å². The molecule has 0 bridgehead atoms. The molecule has 0 radical (unpaired) electrons. The molecule has 0 aliphatic heterocycles. The Labute approximate surface area is 136 Å². The summed E-state index contributed by atoms with van der Waals surface area (Å²) in [5.41, 5.74) is 7.99. The maximum absolute atomic E-state index is 10.8. The smallest absolute Gasteiger partial charge is 0.378 e. The van der Waals surface area contributed by atoms with Crippen molar-refractivity contribution in [1.29, 1.82) is 0 Å². The van der Waals surface area contributed by atoms with Crippen molar-refractivity contribution in [2.24, 2.45) is 5.11 Å². The number of hydrogen-bond donors (Lipinski definition) is 2. The van der Waals surface area contributed by atoms with Crippen LogP contribution in [0.15, 0.2) is 23.3 Å². The molecule has 2 N–H and O–H groups in total. The molecular formula is C8H9N5NaO5S+. The van der Waals surface area contributed by atoms with Crippen LogP contribution in [0.5, 0.6) is 0 Å². The van der Waals surface area contributed by atoms with Crippen molar-refractivity contribution in [3.8, 4) is 0 Å². The molecular weight excluding hydrogens is 301 g/mol. The second-order valence-corrected chi connectivity index (χ2v) is 4.93. The Balaban J connectivity index is 0.00000361. The van der Waals surface area contributed by atoms with Gasteiger partial charge < -0.3 is 5.32 Å². The van der Waals surface area contributed by atoms with E-state index in [2.05, 4.69) is 15.3 Å². The van der Waals surface area contributed by atoms with E-state index in [4.69, 9.17) is 10.1 Å². The largest absolute Gasteiger partial charge is 1.00 e. The molecule has 0 fully saturated rings. The molecule has 10 nitrogen and oxygen atoms in total. The van der Waals surface area contributed by atoms with Gasteiger partial charge in [-0.25, -0.2) is 0 Å². The summed E-state index contributed by atoms with van der Waals surface area (Å²) >= 11 is 0. The third-order valence-electron chi connectivity index (χ3n) is 2.01. The third-order valence-corrected chi connectivity index (χ3v) is 2.73. The summed E-state index contributed by atoms with van der Waals surface area (Å²) in [4.78, 5) is 12.6. The topological polar surface area (TPSA) is 158 Å². The molecule has 0 unspecified atom stereocenters. The summed E-state index contributed by atoms with van der Waals surface area (Å²) in [5.74, 6) is -0.581. The van der Waals surface area contributed by atoms with E-state index in [1.165, 1.54) is 12.1 Å². The molecule has 20 heavy (non-hydrogen) atoms. The molecule has 102 valence electrons. The fourth-order valence-corrected chi connectivity index (χ4v) is 1.61. The van der Waals surface area contributed by atoms with E-state index in [0.29, 0.717) is 0 Å². The Hall–Kier alpha value is -1.36. The van der Waals surface area contributed by atoms with Crippen LogP contribution in [0.4, 0.5) is 17.1 Å². The number of anilines is 1. The average molecular weight is 310 g/mol. The number of azide groups is 1. The van der Waals surface area contributed by atoms with E-state index in [1.807, 2.05) is 0 Å². The van der Waals surface area contributed by atoms with Crippen molar-refractivity contribution in [2.75, 3.05) is 17.6 Å². The molecule has 1 aromatic carbocycles. The Bertz CT molecular complexity index is 643. The van der Waals surface area contributed by atoms with Gasteiger partial charge in [-0.15, -0.1) is 0 Å². The molecule has 0 saturated carbocycles. The van der Waals surface area contributed by atoms with E-state index in [-0.39, 0.29) is 53.2 Å². The van der Waals surface area contributed by atoms with E-state index < -0.39 is 20.8 Å². The third kappa shape index (κ3) is 6.19. The maximum Gasteiger partial charge on any atom is 1.00 e. The first kappa shape index (κ1) is 18.6. The number of benzene rings is 1. The number of nitro groups is 1. The zero-order valence-electron chi connectivity index (χ0n) is 10.4. The molecule has 1 aromatic rings. The van der Waals surface area contributed by atoms with Crippen LogP contribution in [0.3, 0.4) is 0 Å². The van der Waals surface area contributed by atoms with Crippen LogP contribution in [0.25, 0.3) is 10.4 Å². The van der Waals surface area contributed by atoms with Gasteiger partial charge >= 0.3 is 29.6 Å². The molecule has 0 heterocycles. The molecule has 0 aliphatic rings. The second kappa shape index (κ2) is 8.04. The molecule has 0 aromatic heterocycles. The SMILES string of the molecule is [N-]=[N+]=Nc1ccc(NCCS(=O)(=O)O)c([N+](=O)[O-])c1.[Na+]. The van der Waals surface area contributed by atoms with Crippen LogP contribution in [0, 0.1) is 10.1 Å². The molecule has 1 rings (SSSR count). The van der Waals surface area contributed by atoms with E-state index in [9.17, 15) is 18.5 Å². The predicted octanol–water partition coefficient (Wildman–Crippen LogP) is -1.16. The van der Waals surface area contributed by atoms with Gasteiger partial charge in [-0.05, 0) is 11.6 Å². The normalized spacial score (nSPS) is 10.1. The first-order valence-electron chi connectivity index (χ1n) is 4.86. The van der Waals surface area contributed by atoms with Crippen molar-refractivity contribution < 1.29 is 47.5 Å². The first-order chi connectivity index (χ1) is 8.83. The Morgan fingerprint density at radius 3 is 2.65 bits per heavy atom. The summed E-state index contributed by atoms with van der Waals surface area (Å²) < 4.78 is 29.5. The molecule has 12 heteroatoms. The van der Waals surface area contributed by atoms with Crippen LogP contribution in [-0.2, 0) is 10.1 Å². The maximum atomic E-state index is 10.8. The van der Waals surface area contributed by atoms with Gasteiger partial charge in [0.2, 0.25) is 0 Å². The van der Waals surface area contributed by atoms with Gasteiger partial charge in [0.15, 0.2) is 0 Å². The van der Waals surface area contributed by atoms with Crippen LogP contribution in [0.2, 0.25) is 0 Å². The first-order valence-corrected chi connectivity index (χ1v) is 6.47. The zero-order valence-corrected chi connectivity index (χ0v) is 13.2. The summed E-state index contributed by atoms with van der Waals surface area (Å²) in [5, 5.41) is 16.5. The van der Waals surface area contributed by atoms with Crippen LogP contribution in [-0.4, -0.2) is 30.2 Å². The molecule has 0 spiro atoms. The van der Waals surface area contributed by atoms with Gasteiger partial charge in [0, 0.05) is 23.2 Å². The minimum atomic E-state index is -4.14. The van der Waals surface area contributed by atoms with Gasteiger partial charge in [-0.3, -0.25) is 14.7 Å². The summed E-state index contributed by atoms with van der Waals surface area (Å²) in [6.07, 6.45) is 0. The zero-order chi connectivity index (χ0) is 14.5. The van der Waals surface area contributed by atoms with Crippen molar-refractivity contribution >= 4 is 27.2 Å². The van der Waals surface area contributed by atoms with Crippen molar-refractivity contribution in [1.82, 2.24) is 0 Å². The number of nitrogens with one attached hydrogen (secondary N) is 1. The van der Waals surface area contributed by atoms with E-state index in [1.54, 1.807) is 0 Å². The molecule has 0 saturated heterocycles. The van der Waals surface area contributed by atoms with Gasteiger partial charge in [0.1, 0.15) is 5.69 Å². The second-order valence-electron chi connectivity index (χ2n) is 3.36. The Morgan fingerprint density at radius 1 is 1.50 bits per heavy atom. The van der Waals surface area contributed by atoms with E-state index in [0.717, 1.165) is 6.07 Å². The Morgan fingerprint density at radius 2 is 2.15 bits per heavy atom. The van der Waals surface area contributed by atoms with Crippen molar-refractivity contribution in [3.05, 3.63) is 38.8 Å². The summed E-state index contributed by atoms with van der Waals surface area (Å²) in [6, 6.07) is 3.67. The van der Waals surface area contributed by atoms with Gasteiger partial charge in [0.05, 0.1) is 10.7 Å². The van der Waals surface area contributed by atoms with Crippen molar-refractivity contribution in [2.45, 2.75) is 0 Å². The summed E-state index contributed by atoms with van der Waals surface area (Å²) in [7, 11) is -4.14. The number of hydrogen-bond acceptors (Lipinski definition) is 6. The molecule has 0 atom stereocenters. The minimum absolute atomic E-state index is 0. The molecule has 0 amide bonds.